The fourth-order valence-electron chi connectivity index (χ4n) is 2.75. The first-order valence-corrected chi connectivity index (χ1v) is 9.09. The Balaban J connectivity index is 1.63. The molecule has 0 spiro atoms. The summed E-state index contributed by atoms with van der Waals surface area (Å²) in [6.45, 7) is -0.0637. The second kappa shape index (κ2) is 9.54. The molecule has 0 saturated carbocycles. The number of aliphatic hydroxyl groups excluding tert-OH is 2. The molecule has 2 heterocycles. The van der Waals surface area contributed by atoms with Crippen LogP contribution in [0.25, 0.3) is 11.1 Å². The highest BCUT2D eigenvalue weighted by Crippen LogP contribution is 2.33. The first-order chi connectivity index (χ1) is 14.7. The van der Waals surface area contributed by atoms with Crippen molar-refractivity contribution in [3.63, 3.8) is 0 Å². The molecule has 0 unspecified atom stereocenters. The molecule has 0 aliphatic heterocycles. The molecule has 2 aromatic heterocycles. The molecule has 0 bridgehead atoms. The third-order valence-electron chi connectivity index (χ3n) is 4.25. The highest BCUT2D eigenvalue weighted by molar-refractivity contribution is 5.81. The normalized spacial score (nSPS) is 13.3. The van der Waals surface area contributed by atoms with Gasteiger partial charge in [0, 0.05) is 23.5 Å². The maximum atomic E-state index is 12.6. The van der Waals surface area contributed by atoms with E-state index in [2.05, 4.69) is 20.0 Å². The molecule has 0 saturated heterocycles. The number of halogens is 3. The number of hydrogen-bond donors (Lipinski definition) is 3. The summed E-state index contributed by atoms with van der Waals surface area (Å²) in [6, 6.07) is 13.4. The van der Waals surface area contributed by atoms with E-state index in [1.807, 2.05) is 0 Å². The molecule has 0 aliphatic carbocycles. The van der Waals surface area contributed by atoms with Gasteiger partial charge in [-0.25, -0.2) is 0 Å². The van der Waals surface area contributed by atoms with E-state index in [0.717, 1.165) is 0 Å². The van der Waals surface area contributed by atoms with Crippen molar-refractivity contribution < 1.29 is 32.9 Å². The molecule has 3 N–H and O–H groups in total. The van der Waals surface area contributed by atoms with Gasteiger partial charge < -0.3 is 20.3 Å². The summed E-state index contributed by atoms with van der Waals surface area (Å²) < 4.78 is 41.8. The van der Waals surface area contributed by atoms with Crippen molar-refractivity contribution in [3.8, 4) is 16.9 Å². The molecule has 162 valence electrons. The van der Waals surface area contributed by atoms with Gasteiger partial charge in [0.15, 0.2) is 6.10 Å². The van der Waals surface area contributed by atoms with E-state index in [-0.39, 0.29) is 23.6 Å². The lowest BCUT2D eigenvalue weighted by Gasteiger charge is -2.17. The number of carbonyl (C=O) groups excluding carboxylic acids is 1. The first kappa shape index (κ1) is 22.2. The Bertz CT molecular complexity index is 1010. The van der Waals surface area contributed by atoms with Crippen molar-refractivity contribution in [1.82, 2.24) is 15.3 Å². The van der Waals surface area contributed by atoms with E-state index in [1.54, 1.807) is 18.2 Å². The highest BCUT2D eigenvalue weighted by atomic mass is 19.4. The van der Waals surface area contributed by atoms with Gasteiger partial charge >= 0.3 is 6.36 Å². The zero-order valence-electron chi connectivity index (χ0n) is 16.0. The number of pyridine rings is 2. The number of para-hydroxylation sites is 1. The number of amides is 1. The Morgan fingerprint density at radius 1 is 1.03 bits per heavy atom. The number of benzene rings is 1. The summed E-state index contributed by atoms with van der Waals surface area (Å²) in [5.41, 5.74) is 1.13. The summed E-state index contributed by atoms with van der Waals surface area (Å²) in [7, 11) is 0. The fourth-order valence-corrected chi connectivity index (χ4v) is 2.75. The van der Waals surface area contributed by atoms with Crippen molar-refractivity contribution >= 4 is 5.91 Å². The number of rotatable bonds is 7. The Labute approximate surface area is 175 Å². The molecule has 2 atom stereocenters. The van der Waals surface area contributed by atoms with E-state index < -0.39 is 24.5 Å². The van der Waals surface area contributed by atoms with Gasteiger partial charge in [0.2, 0.25) is 0 Å². The maximum Gasteiger partial charge on any atom is 0.573 e. The number of ether oxygens (including phenoxy) is 1. The summed E-state index contributed by atoms with van der Waals surface area (Å²) >= 11 is 0. The number of aliphatic hydroxyl groups is 2. The van der Waals surface area contributed by atoms with Crippen LogP contribution in [0.5, 0.6) is 5.75 Å². The predicted octanol–water partition coefficient (Wildman–Crippen LogP) is 2.75. The van der Waals surface area contributed by atoms with Gasteiger partial charge in [-0.2, -0.15) is 0 Å². The minimum Gasteiger partial charge on any atom is -0.405 e. The van der Waals surface area contributed by atoms with Crippen LogP contribution in [0, 0.1) is 0 Å². The lowest BCUT2D eigenvalue weighted by atomic mass is 10.1. The van der Waals surface area contributed by atoms with Crippen LogP contribution in [0.2, 0.25) is 0 Å². The average molecular weight is 433 g/mol. The third kappa shape index (κ3) is 6.00. The Morgan fingerprint density at radius 2 is 1.77 bits per heavy atom. The molecule has 1 amide bonds. The molecule has 3 rings (SSSR count). The number of nitrogens with one attached hydrogen (secondary N) is 1. The van der Waals surface area contributed by atoms with Crippen LogP contribution in [-0.4, -0.2) is 38.6 Å². The van der Waals surface area contributed by atoms with Gasteiger partial charge in [-0.1, -0.05) is 30.3 Å². The summed E-state index contributed by atoms with van der Waals surface area (Å²) in [6.07, 6.45) is -5.29. The van der Waals surface area contributed by atoms with Gasteiger partial charge in [-0.05, 0) is 24.3 Å². The second-order valence-electron chi connectivity index (χ2n) is 6.44. The molecule has 0 fully saturated rings. The third-order valence-corrected chi connectivity index (χ3v) is 4.25. The van der Waals surface area contributed by atoms with E-state index in [0.29, 0.717) is 11.3 Å². The Morgan fingerprint density at radius 3 is 2.42 bits per heavy atom. The lowest BCUT2D eigenvalue weighted by molar-refractivity contribution is -0.274. The number of aromatic nitrogens is 2. The van der Waals surface area contributed by atoms with E-state index in [9.17, 15) is 28.2 Å². The summed E-state index contributed by atoms with van der Waals surface area (Å²) in [4.78, 5) is 20.1. The number of hydrogen-bond acceptors (Lipinski definition) is 6. The SMILES string of the molecule is O=C(NCc1ccc(-c2ccccc2OC(F)(F)F)cn1)[C@H](O)[C@@H](O)c1ccccn1. The van der Waals surface area contributed by atoms with Gasteiger partial charge in [-0.15, -0.1) is 13.2 Å². The van der Waals surface area contributed by atoms with Crippen LogP contribution in [0.3, 0.4) is 0 Å². The Hall–Kier alpha value is -3.50. The van der Waals surface area contributed by atoms with Crippen LogP contribution >= 0.6 is 0 Å². The van der Waals surface area contributed by atoms with Crippen LogP contribution in [0.4, 0.5) is 13.2 Å². The summed E-state index contributed by atoms with van der Waals surface area (Å²) in [5.74, 6) is -1.18. The van der Waals surface area contributed by atoms with Crippen LogP contribution in [0.1, 0.15) is 17.5 Å². The quantitative estimate of drug-likeness (QED) is 0.529. The second-order valence-corrected chi connectivity index (χ2v) is 6.44. The highest BCUT2D eigenvalue weighted by Gasteiger charge is 2.32. The minimum atomic E-state index is -4.82. The van der Waals surface area contributed by atoms with Crippen LogP contribution in [0.15, 0.2) is 67.0 Å². The molecular weight excluding hydrogens is 415 g/mol. The minimum absolute atomic E-state index is 0.0637. The lowest BCUT2D eigenvalue weighted by Crippen LogP contribution is -2.38. The molecule has 1 aromatic carbocycles. The van der Waals surface area contributed by atoms with Crippen molar-refractivity contribution in [2.24, 2.45) is 0 Å². The average Bonchev–Trinajstić information content (AvgIpc) is 2.77. The van der Waals surface area contributed by atoms with Gasteiger partial charge in [-0.3, -0.25) is 14.8 Å². The largest absolute Gasteiger partial charge is 0.573 e. The fraction of sp³-hybridized carbons (Fsp3) is 0.190. The molecule has 0 aliphatic rings. The van der Waals surface area contributed by atoms with E-state index in [4.69, 9.17) is 0 Å². The zero-order chi connectivity index (χ0) is 22.4. The summed E-state index contributed by atoms with van der Waals surface area (Å²) in [5, 5.41) is 22.5. The Kier molecular flexibility index (Phi) is 6.83. The topological polar surface area (TPSA) is 105 Å². The monoisotopic (exact) mass is 433 g/mol. The zero-order valence-corrected chi connectivity index (χ0v) is 16.0. The van der Waals surface area contributed by atoms with Gasteiger partial charge in [0.25, 0.3) is 5.91 Å². The van der Waals surface area contributed by atoms with E-state index in [1.165, 1.54) is 48.8 Å². The molecule has 3 aromatic rings. The van der Waals surface area contributed by atoms with Crippen molar-refractivity contribution in [1.29, 1.82) is 0 Å². The first-order valence-electron chi connectivity index (χ1n) is 9.09. The predicted molar refractivity (Wildman–Crippen MR) is 103 cm³/mol. The number of carbonyl (C=O) groups is 1. The molecule has 0 radical (unpaired) electrons. The molecule has 10 heteroatoms. The maximum absolute atomic E-state index is 12.6. The van der Waals surface area contributed by atoms with Gasteiger partial charge in [0.05, 0.1) is 17.9 Å². The van der Waals surface area contributed by atoms with Crippen molar-refractivity contribution in [2.45, 2.75) is 25.1 Å². The molecule has 31 heavy (non-hydrogen) atoms. The van der Waals surface area contributed by atoms with Crippen molar-refractivity contribution in [3.05, 3.63) is 78.4 Å². The molecular formula is C21H18F3N3O4. The van der Waals surface area contributed by atoms with Crippen LogP contribution < -0.4 is 10.1 Å². The number of nitrogens with zero attached hydrogens (tertiary/aromatic N) is 2. The van der Waals surface area contributed by atoms with Gasteiger partial charge in [0.1, 0.15) is 11.9 Å². The van der Waals surface area contributed by atoms with E-state index >= 15 is 0 Å². The molecule has 7 nitrogen and oxygen atoms in total. The number of alkyl halides is 3. The smallest absolute Gasteiger partial charge is 0.405 e. The van der Waals surface area contributed by atoms with Crippen LogP contribution in [-0.2, 0) is 11.3 Å². The standard InChI is InChI=1S/C21H18F3N3O4/c22-21(23,24)31-17-7-2-1-5-15(17)13-8-9-14(26-11-13)12-27-20(30)19(29)18(28)16-6-3-4-10-25-16/h1-11,18-19,28-29H,12H2,(H,27,30)/t18-,19+/m0/s1. The van der Waals surface area contributed by atoms with Crippen molar-refractivity contribution in [2.75, 3.05) is 0 Å².